The van der Waals surface area contributed by atoms with E-state index in [1.165, 1.54) is 52.8 Å². The Hall–Kier alpha value is -2.71. The largest absolute Gasteiger partial charge is 0.461 e. The molecule has 34 heavy (non-hydrogen) atoms. The standard InChI is InChI=1S/C20H17Br2N3O8S/c1-10(26)32-9-13-14(6-21)34-19-16(23-15(27)7-22)18(28)24(19)17(13)20(29)33-8-11-2-4-12(5-3-11)25(30)31/h2-6,16,19H,7-9H2,1H3,(H,23,27)/t16?,19-/m0/s1. The highest BCUT2D eigenvalue weighted by atomic mass is 79.9. The minimum absolute atomic E-state index is 0.00693. The van der Waals surface area contributed by atoms with Crippen LogP contribution in [0.2, 0.25) is 0 Å². The van der Waals surface area contributed by atoms with Gasteiger partial charge in [-0.25, -0.2) is 4.79 Å². The van der Waals surface area contributed by atoms with Crippen LogP contribution in [0.3, 0.4) is 0 Å². The molecule has 180 valence electrons. The van der Waals surface area contributed by atoms with E-state index >= 15 is 0 Å². The number of ether oxygens (including phenoxy) is 2. The van der Waals surface area contributed by atoms with Crippen molar-refractivity contribution in [2.75, 3.05) is 11.9 Å². The van der Waals surface area contributed by atoms with E-state index in [1.54, 1.807) is 0 Å². The monoisotopic (exact) mass is 617 g/mol. The van der Waals surface area contributed by atoms with Crippen molar-refractivity contribution in [3.63, 3.8) is 0 Å². The number of amides is 2. The highest BCUT2D eigenvalue weighted by Gasteiger charge is 2.55. The van der Waals surface area contributed by atoms with Crippen LogP contribution in [-0.2, 0) is 35.3 Å². The van der Waals surface area contributed by atoms with Gasteiger partial charge in [-0.15, -0.1) is 0 Å². The van der Waals surface area contributed by atoms with Crippen molar-refractivity contribution in [2.45, 2.75) is 24.9 Å². The minimum Gasteiger partial charge on any atom is -0.461 e. The molecule has 2 amide bonds. The lowest BCUT2D eigenvalue weighted by Crippen LogP contribution is -2.70. The number of nitro benzene ring substituents is 1. The summed E-state index contributed by atoms with van der Waals surface area (Å²) in [5.74, 6) is -2.33. The molecule has 11 nitrogen and oxygen atoms in total. The fraction of sp³-hybridized carbons (Fsp3) is 0.300. The number of β-lactam (4-membered cyclic amide) rings is 1. The van der Waals surface area contributed by atoms with Crippen LogP contribution < -0.4 is 5.32 Å². The third-order valence-corrected chi connectivity index (χ3v) is 7.40. The number of carbonyl (C=O) groups is 4. The third kappa shape index (κ3) is 5.50. The first-order valence-corrected chi connectivity index (χ1v) is 12.5. The molecule has 0 radical (unpaired) electrons. The molecule has 2 aliphatic rings. The zero-order chi connectivity index (χ0) is 25.0. The first-order valence-electron chi connectivity index (χ1n) is 9.60. The third-order valence-electron chi connectivity index (χ3n) is 4.78. The van der Waals surface area contributed by atoms with Crippen molar-refractivity contribution in [3.8, 4) is 0 Å². The second-order valence-electron chi connectivity index (χ2n) is 6.98. The molecule has 1 unspecified atom stereocenters. The van der Waals surface area contributed by atoms with Gasteiger partial charge in [0.15, 0.2) is 0 Å². The van der Waals surface area contributed by atoms with E-state index in [0.717, 1.165) is 0 Å². The number of rotatable bonds is 8. The number of hydrogen-bond donors (Lipinski definition) is 1. The molecule has 14 heteroatoms. The quantitative estimate of drug-likeness (QED) is 0.153. The van der Waals surface area contributed by atoms with E-state index in [0.29, 0.717) is 10.5 Å². The maximum absolute atomic E-state index is 13.1. The van der Waals surface area contributed by atoms with Gasteiger partial charge in [0.05, 0.1) is 10.3 Å². The summed E-state index contributed by atoms with van der Waals surface area (Å²) in [7, 11) is 0. The number of benzene rings is 1. The van der Waals surface area contributed by atoms with E-state index < -0.39 is 34.2 Å². The molecule has 0 bridgehead atoms. The molecule has 0 saturated carbocycles. The smallest absolute Gasteiger partial charge is 0.355 e. The normalized spacial score (nSPS) is 20.4. The van der Waals surface area contributed by atoms with Gasteiger partial charge in [-0.2, -0.15) is 0 Å². The molecule has 2 atom stereocenters. The summed E-state index contributed by atoms with van der Waals surface area (Å²) in [5, 5.41) is 12.8. The molecule has 1 N–H and O–H groups in total. The second-order valence-corrected chi connectivity index (χ2v) is 9.15. The Morgan fingerprint density at radius 2 is 1.91 bits per heavy atom. The molecule has 1 saturated heterocycles. The van der Waals surface area contributed by atoms with E-state index in [4.69, 9.17) is 9.47 Å². The summed E-state index contributed by atoms with van der Waals surface area (Å²) in [6.45, 7) is 0.721. The predicted octanol–water partition coefficient (Wildman–Crippen LogP) is 2.49. The van der Waals surface area contributed by atoms with Crippen LogP contribution in [0.1, 0.15) is 12.5 Å². The molecule has 3 rings (SSSR count). The summed E-state index contributed by atoms with van der Waals surface area (Å²) < 4.78 is 10.5. The molecule has 2 heterocycles. The number of esters is 2. The first kappa shape index (κ1) is 25.9. The SMILES string of the molecule is CC(=O)OCC1=C(C(=O)OCc2ccc([N+](=O)[O-])cc2)N2C(=O)C(NC(=O)CBr)[C@@H]2SC1=CBr. The van der Waals surface area contributed by atoms with Crippen molar-refractivity contribution in [3.05, 3.63) is 61.1 Å². The van der Waals surface area contributed by atoms with Crippen LogP contribution in [-0.4, -0.2) is 56.9 Å². The minimum atomic E-state index is -0.856. The number of non-ortho nitro benzene ring substituents is 1. The highest BCUT2D eigenvalue weighted by molar-refractivity contribution is 9.11. The van der Waals surface area contributed by atoms with Crippen molar-refractivity contribution in [1.29, 1.82) is 0 Å². The maximum Gasteiger partial charge on any atom is 0.355 e. The van der Waals surface area contributed by atoms with E-state index in [-0.39, 0.29) is 41.4 Å². The number of halogens is 2. The Kier molecular flexibility index (Phi) is 8.49. The van der Waals surface area contributed by atoms with Gasteiger partial charge < -0.3 is 14.8 Å². The van der Waals surface area contributed by atoms with Gasteiger partial charge in [0.1, 0.15) is 30.3 Å². The number of hydrogen-bond acceptors (Lipinski definition) is 9. The molecule has 0 spiro atoms. The van der Waals surface area contributed by atoms with Crippen molar-refractivity contribution < 1.29 is 33.6 Å². The first-order chi connectivity index (χ1) is 16.2. The second kappa shape index (κ2) is 11.1. The lowest BCUT2D eigenvalue weighted by Gasteiger charge is -2.50. The predicted molar refractivity (Wildman–Crippen MR) is 128 cm³/mol. The Labute approximate surface area is 214 Å². The molecule has 2 aliphatic heterocycles. The Morgan fingerprint density at radius 1 is 1.24 bits per heavy atom. The fourth-order valence-electron chi connectivity index (χ4n) is 3.19. The van der Waals surface area contributed by atoms with Gasteiger partial charge >= 0.3 is 11.9 Å². The molecular weight excluding hydrogens is 602 g/mol. The number of nitrogens with one attached hydrogen (secondary N) is 1. The topological polar surface area (TPSA) is 145 Å². The Morgan fingerprint density at radius 3 is 2.47 bits per heavy atom. The Balaban J connectivity index is 1.88. The molecule has 1 aromatic carbocycles. The van der Waals surface area contributed by atoms with Gasteiger partial charge in [0.25, 0.3) is 11.6 Å². The number of nitro groups is 1. The maximum atomic E-state index is 13.1. The van der Waals surface area contributed by atoms with E-state index in [2.05, 4.69) is 37.2 Å². The summed E-state index contributed by atoms with van der Waals surface area (Å²) in [4.78, 5) is 62.7. The summed E-state index contributed by atoms with van der Waals surface area (Å²) in [6, 6.07) is 4.60. The van der Waals surface area contributed by atoms with Crippen LogP contribution in [0.5, 0.6) is 0 Å². The van der Waals surface area contributed by atoms with Crippen LogP contribution in [0.4, 0.5) is 5.69 Å². The average Bonchev–Trinajstić information content (AvgIpc) is 2.83. The number of carbonyl (C=O) groups excluding carboxylic acids is 4. The lowest BCUT2D eigenvalue weighted by molar-refractivity contribution is -0.384. The van der Waals surface area contributed by atoms with Gasteiger partial charge in [-0.3, -0.25) is 29.4 Å². The number of alkyl halides is 1. The summed E-state index contributed by atoms with van der Waals surface area (Å²) in [6.07, 6.45) is 0. The van der Waals surface area contributed by atoms with Gasteiger partial charge in [-0.05, 0) is 22.7 Å². The lowest BCUT2D eigenvalue weighted by atomic mass is 10.0. The van der Waals surface area contributed by atoms with Crippen molar-refractivity contribution in [1.82, 2.24) is 10.2 Å². The van der Waals surface area contributed by atoms with Crippen molar-refractivity contribution in [2.24, 2.45) is 0 Å². The summed E-state index contributed by atoms with van der Waals surface area (Å²) >= 11 is 7.48. The summed E-state index contributed by atoms with van der Waals surface area (Å²) in [5.41, 5.74) is 0.549. The number of fused-ring (bicyclic) bond motifs is 1. The van der Waals surface area contributed by atoms with Crippen LogP contribution in [0.15, 0.2) is 45.4 Å². The molecule has 1 aromatic rings. The van der Waals surface area contributed by atoms with Crippen LogP contribution in [0, 0.1) is 10.1 Å². The fourth-order valence-corrected chi connectivity index (χ4v) is 5.19. The van der Waals surface area contributed by atoms with Gasteiger partial charge in [-0.1, -0.05) is 43.6 Å². The van der Waals surface area contributed by atoms with Crippen LogP contribution in [0.25, 0.3) is 0 Å². The van der Waals surface area contributed by atoms with Gasteiger partial charge in [0.2, 0.25) is 5.91 Å². The Bertz CT molecular complexity index is 1110. The molecule has 0 aromatic heterocycles. The number of nitrogens with zero attached hydrogens (tertiary/aromatic N) is 2. The molecule has 0 aliphatic carbocycles. The van der Waals surface area contributed by atoms with Crippen LogP contribution >= 0.6 is 43.6 Å². The van der Waals surface area contributed by atoms with E-state index in [9.17, 15) is 29.3 Å². The highest BCUT2D eigenvalue weighted by Crippen LogP contribution is 2.47. The molecule has 1 fully saturated rings. The molecular formula is C20H17Br2N3O8S. The van der Waals surface area contributed by atoms with Gasteiger partial charge in [0, 0.05) is 29.5 Å². The zero-order valence-corrected chi connectivity index (χ0v) is 21.5. The zero-order valence-electron chi connectivity index (χ0n) is 17.5. The number of thioether (sulfide) groups is 1. The average molecular weight is 619 g/mol. The van der Waals surface area contributed by atoms with Crippen molar-refractivity contribution >= 4 is 73.1 Å². The van der Waals surface area contributed by atoms with E-state index in [1.807, 2.05) is 0 Å².